The van der Waals surface area contributed by atoms with E-state index in [9.17, 15) is 4.79 Å². The van der Waals surface area contributed by atoms with Crippen molar-refractivity contribution in [3.8, 4) is 0 Å². The van der Waals surface area contributed by atoms with E-state index in [1.165, 1.54) is 6.92 Å². The molecule has 62 valence electrons. The number of esters is 1. The van der Waals surface area contributed by atoms with Crippen LogP contribution in [0.25, 0.3) is 0 Å². The van der Waals surface area contributed by atoms with E-state index in [0.717, 1.165) is 11.1 Å². The minimum atomic E-state index is -0.259. The van der Waals surface area contributed by atoms with Crippen molar-refractivity contribution in [2.75, 3.05) is 6.61 Å². The zero-order valence-corrected chi connectivity index (χ0v) is 7.31. The van der Waals surface area contributed by atoms with Crippen molar-refractivity contribution >= 4 is 5.97 Å². The summed E-state index contributed by atoms with van der Waals surface area (Å²) in [6.07, 6.45) is 1.89. The maximum Gasteiger partial charge on any atom is 0.302 e. The molecule has 0 spiro atoms. The molecule has 0 saturated heterocycles. The van der Waals surface area contributed by atoms with Gasteiger partial charge in [0.15, 0.2) is 0 Å². The molecule has 0 N–H and O–H groups in total. The third kappa shape index (κ3) is 4.37. The van der Waals surface area contributed by atoms with E-state index < -0.39 is 0 Å². The Balaban J connectivity index is 3.92. The van der Waals surface area contributed by atoms with Crippen LogP contribution in [0.1, 0.15) is 20.8 Å². The third-order valence-electron chi connectivity index (χ3n) is 1.33. The lowest BCUT2D eigenvalue weighted by Crippen LogP contribution is -2.03. The molecular weight excluding hydrogens is 140 g/mol. The molecule has 0 aromatic carbocycles. The smallest absolute Gasteiger partial charge is 0.302 e. The Hall–Kier alpha value is -1.05. The van der Waals surface area contributed by atoms with Gasteiger partial charge in [-0.25, -0.2) is 0 Å². The highest BCUT2D eigenvalue weighted by atomic mass is 16.5. The molecule has 0 aromatic heterocycles. The fraction of sp³-hybridized carbons (Fsp3) is 0.444. The van der Waals surface area contributed by atoms with Crippen LogP contribution in [-0.2, 0) is 9.53 Å². The summed E-state index contributed by atoms with van der Waals surface area (Å²) in [4.78, 5) is 10.4. The topological polar surface area (TPSA) is 26.3 Å². The van der Waals surface area contributed by atoms with Crippen LogP contribution >= 0.6 is 0 Å². The highest BCUT2D eigenvalue weighted by Gasteiger charge is 1.98. The molecule has 0 amide bonds. The molecule has 0 aromatic rings. The van der Waals surface area contributed by atoms with Gasteiger partial charge in [-0.3, -0.25) is 4.79 Å². The second kappa shape index (κ2) is 4.72. The number of allylic oxidation sites excluding steroid dienone is 1. The van der Waals surface area contributed by atoms with Crippen LogP contribution in [0.3, 0.4) is 0 Å². The Bertz CT molecular complexity index is 190. The maximum absolute atomic E-state index is 10.4. The summed E-state index contributed by atoms with van der Waals surface area (Å²) in [5.74, 6) is -0.259. The van der Waals surface area contributed by atoms with Crippen molar-refractivity contribution in [1.82, 2.24) is 0 Å². The lowest BCUT2D eigenvalue weighted by Gasteiger charge is -2.05. The van der Waals surface area contributed by atoms with Gasteiger partial charge in [0, 0.05) is 6.92 Å². The lowest BCUT2D eigenvalue weighted by atomic mass is 10.1. The first kappa shape index (κ1) is 9.95. The summed E-state index contributed by atoms with van der Waals surface area (Å²) in [5.41, 5.74) is 1.91. The predicted octanol–water partition coefficient (Wildman–Crippen LogP) is 2.07. The molecule has 0 radical (unpaired) electrons. The molecule has 0 bridgehead atoms. The van der Waals surface area contributed by atoms with Crippen LogP contribution in [-0.4, -0.2) is 12.6 Å². The minimum Gasteiger partial charge on any atom is -0.461 e. The van der Waals surface area contributed by atoms with E-state index in [0.29, 0.717) is 6.61 Å². The van der Waals surface area contributed by atoms with Crippen molar-refractivity contribution in [2.45, 2.75) is 20.8 Å². The normalized spacial score (nSPS) is 11.0. The molecule has 0 atom stereocenters. The average Bonchev–Trinajstić information content (AvgIpc) is 1.87. The summed E-state index contributed by atoms with van der Waals surface area (Å²) >= 11 is 0. The average molecular weight is 154 g/mol. The molecule has 0 aliphatic heterocycles. The van der Waals surface area contributed by atoms with Crippen LogP contribution in [0.5, 0.6) is 0 Å². The van der Waals surface area contributed by atoms with Gasteiger partial charge in [0.05, 0.1) is 0 Å². The quantitative estimate of drug-likeness (QED) is 0.459. The van der Waals surface area contributed by atoms with Crippen LogP contribution in [0.4, 0.5) is 0 Å². The second-order valence-electron chi connectivity index (χ2n) is 2.37. The van der Waals surface area contributed by atoms with Gasteiger partial charge >= 0.3 is 5.97 Å². The summed E-state index contributed by atoms with van der Waals surface area (Å²) in [6, 6.07) is 0. The van der Waals surface area contributed by atoms with Gasteiger partial charge in [0.1, 0.15) is 6.61 Å². The van der Waals surface area contributed by atoms with E-state index in [4.69, 9.17) is 4.74 Å². The zero-order valence-electron chi connectivity index (χ0n) is 7.31. The van der Waals surface area contributed by atoms with Crippen LogP contribution in [0.2, 0.25) is 0 Å². The molecule has 0 saturated carbocycles. The van der Waals surface area contributed by atoms with Crippen molar-refractivity contribution in [3.05, 3.63) is 23.8 Å². The molecule has 0 aliphatic rings. The van der Waals surface area contributed by atoms with Crippen molar-refractivity contribution in [3.63, 3.8) is 0 Å². The Morgan fingerprint density at radius 3 is 2.36 bits per heavy atom. The van der Waals surface area contributed by atoms with Gasteiger partial charge in [0.25, 0.3) is 0 Å². The van der Waals surface area contributed by atoms with E-state index in [1.807, 2.05) is 19.9 Å². The molecular formula is C9H14O2. The van der Waals surface area contributed by atoms with Crippen LogP contribution in [0, 0.1) is 0 Å². The van der Waals surface area contributed by atoms with Crippen LogP contribution < -0.4 is 0 Å². The van der Waals surface area contributed by atoms with Gasteiger partial charge in [0.2, 0.25) is 0 Å². The zero-order chi connectivity index (χ0) is 8.85. The van der Waals surface area contributed by atoms with Crippen LogP contribution in [0.15, 0.2) is 23.8 Å². The minimum absolute atomic E-state index is 0.259. The summed E-state index contributed by atoms with van der Waals surface area (Å²) in [6.45, 7) is 9.26. The molecule has 0 unspecified atom stereocenters. The Labute approximate surface area is 67.6 Å². The third-order valence-corrected chi connectivity index (χ3v) is 1.33. The van der Waals surface area contributed by atoms with Gasteiger partial charge in [-0.05, 0) is 19.4 Å². The van der Waals surface area contributed by atoms with Gasteiger partial charge in [-0.1, -0.05) is 18.2 Å². The Morgan fingerprint density at radius 2 is 2.09 bits per heavy atom. The predicted molar refractivity (Wildman–Crippen MR) is 45.2 cm³/mol. The first-order valence-electron chi connectivity index (χ1n) is 3.52. The highest BCUT2D eigenvalue weighted by Crippen LogP contribution is 2.06. The molecule has 2 nitrogen and oxygen atoms in total. The van der Waals surface area contributed by atoms with Crippen molar-refractivity contribution in [2.24, 2.45) is 0 Å². The SMILES string of the molecule is C=C(C)/C(=C\C)COC(C)=O. The Kier molecular flexibility index (Phi) is 4.27. The molecule has 0 fully saturated rings. The highest BCUT2D eigenvalue weighted by molar-refractivity contribution is 5.66. The van der Waals surface area contributed by atoms with E-state index in [1.54, 1.807) is 0 Å². The van der Waals surface area contributed by atoms with Crippen molar-refractivity contribution < 1.29 is 9.53 Å². The first-order chi connectivity index (χ1) is 5.07. The van der Waals surface area contributed by atoms with Gasteiger partial charge in [-0.15, -0.1) is 0 Å². The fourth-order valence-corrected chi connectivity index (χ4v) is 0.632. The monoisotopic (exact) mass is 154 g/mol. The standard InChI is InChI=1S/C9H14O2/c1-5-9(7(2)3)6-11-8(4)10/h5H,2,6H2,1,3-4H3/b9-5-. The number of carbonyl (C=O) groups excluding carboxylic acids is 1. The van der Waals surface area contributed by atoms with E-state index >= 15 is 0 Å². The van der Waals surface area contributed by atoms with Gasteiger partial charge < -0.3 is 4.74 Å². The fourth-order valence-electron chi connectivity index (χ4n) is 0.632. The summed E-state index contributed by atoms with van der Waals surface area (Å²) in [7, 11) is 0. The van der Waals surface area contributed by atoms with E-state index in [2.05, 4.69) is 6.58 Å². The molecule has 0 heterocycles. The molecule has 11 heavy (non-hydrogen) atoms. The molecule has 0 aliphatic carbocycles. The maximum atomic E-state index is 10.4. The number of rotatable bonds is 3. The summed E-state index contributed by atoms with van der Waals surface area (Å²) < 4.78 is 4.79. The number of carbonyl (C=O) groups is 1. The first-order valence-corrected chi connectivity index (χ1v) is 3.52. The second-order valence-corrected chi connectivity index (χ2v) is 2.37. The number of ether oxygens (including phenoxy) is 1. The summed E-state index contributed by atoms with van der Waals surface area (Å²) in [5, 5.41) is 0. The lowest BCUT2D eigenvalue weighted by molar-refractivity contribution is -0.139. The van der Waals surface area contributed by atoms with Crippen molar-refractivity contribution in [1.29, 1.82) is 0 Å². The van der Waals surface area contributed by atoms with Gasteiger partial charge in [-0.2, -0.15) is 0 Å². The Morgan fingerprint density at radius 1 is 1.55 bits per heavy atom. The number of hydrogen-bond donors (Lipinski definition) is 0. The largest absolute Gasteiger partial charge is 0.461 e. The molecule has 2 heteroatoms. The molecule has 0 rings (SSSR count). The van der Waals surface area contributed by atoms with E-state index in [-0.39, 0.29) is 5.97 Å². The number of hydrogen-bond acceptors (Lipinski definition) is 2.